The molecule has 0 aromatic carbocycles. The minimum Gasteiger partial charge on any atom is -0.462 e. The summed E-state index contributed by atoms with van der Waals surface area (Å²) in [6, 6.07) is 1.27. The monoisotopic (exact) mass is 217 g/mol. The maximum atomic E-state index is 12.2. The Morgan fingerprint density at radius 3 is 2.33 bits per heavy atom. The van der Waals surface area contributed by atoms with E-state index in [0.29, 0.717) is 6.47 Å². The van der Waals surface area contributed by atoms with Crippen molar-refractivity contribution >= 4 is 6.47 Å². The van der Waals surface area contributed by atoms with Gasteiger partial charge in [0.1, 0.15) is 11.4 Å². The van der Waals surface area contributed by atoms with Gasteiger partial charge in [-0.25, -0.2) is 4.39 Å². The Morgan fingerprint density at radius 2 is 2.20 bits per heavy atom. The van der Waals surface area contributed by atoms with Crippen LogP contribution in [0, 0.1) is 5.82 Å². The molecule has 1 rings (SSSR count). The molecule has 1 aromatic heterocycles. The van der Waals surface area contributed by atoms with Crippen molar-refractivity contribution in [2.45, 2.75) is 33.0 Å². The average molecular weight is 217 g/mol. The van der Waals surface area contributed by atoms with E-state index >= 15 is 0 Å². The standard InChI is InChI=1S/C5H6FNO.C5H10O2/c6-4-1-2-7-5(4)3-8;1-5(2,3)7-4-6/h1-2,7-8H,3H2;4H,1-3H3. The number of carbonyl (C=O) groups excluding carboxylic acids is 1. The molecule has 0 saturated carbocycles. The van der Waals surface area contributed by atoms with Crippen molar-refractivity contribution in [1.29, 1.82) is 0 Å². The number of H-pyrrole nitrogens is 1. The summed E-state index contributed by atoms with van der Waals surface area (Å²) >= 11 is 0. The molecule has 5 heteroatoms. The van der Waals surface area contributed by atoms with Crippen LogP contribution in [0.1, 0.15) is 26.5 Å². The van der Waals surface area contributed by atoms with Crippen LogP contribution in [-0.4, -0.2) is 22.2 Å². The summed E-state index contributed by atoms with van der Waals surface area (Å²) in [5.41, 5.74) is -0.0770. The van der Waals surface area contributed by atoms with Gasteiger partial charge in [0.05, 0.1) is 12.3 Å². The van der Waals surface area contributed by atoms with Crippen molar-refractivity contribution in [3.8, 4) is 0 Å². The van der Waals surface area contributed by atoms with Crippen LogP contribution >= 0.6 is 0 Å². The van der Waals surface area contributed by atoms with Crippen molar-refractivity contribution in [3.63, 3.8) is 0 Å². The summed E-state index contributed by atoms with van der Waals surface area (Å²) in [6.45, 7) is 5.66. The molecule has 0 amide bonds. The summed E-state index contributed by atoms with van der Waals surface area (Å²) < 4.78 is 16.7. The van der Waals surface area contributed by atoms with E-state index < -0.39 is 0 Å². The van der Waals surface area contributed by atoms with E-state index in [4.69, 9.17) is 5.11 Å². The number of aromatic amines is 1. The molecule has 86 valence electrons. The Hall–Kier alpha value is -1.36. The Morgan fingerprint density at radius 1 is 1.60 bits per heavy atom. The van der Waals surface area contributed by atoms with Gasteiger partial charge in [0.15, 0.2) is 0 Å². The number of aliphatic hydroxyl groups excluding tert-OH is 1. The molecule has 0 radical (unpaired) electrons. The third kappa shape index (κ3) is 6.68. The molecule has 1 aromatic rings. The summed E-state index contributed by atoms with van der Waals surface area (Å²) in [7, 11) is 0. The van der Waals surface area contributed by atoms with Gasteiger partial charge in [0.2, 0.25) is 0 Å². The number of hydrogen-bond donors (Lipinski definition) is 2. The number of ether oxygens (including phenoxy) is 1. The van der Waals surface area contributed by atoms with Crippen LogP contribution in [0.5, 0.6) is 0 Å². The molecule has 15 heavy (non-hydrogen) atoms. The molecule has 0 aliphatic heterocycles. The lowest BCUT2D eigenvalue weighted by Crippen LogP contribution is -2.17. The zero-order valence-electron chi connectivity index (χ0n) is 9.08. The minimum absolute atomic E-state index is 0.241. The first kappa shape index (κ1) is 13.6. The molecule has 0 aliphatic rings. The second-order valence-corrected chi connectivity index (χ2v) is 3.79. The van der Waals surface area contributed by atoms with Crippen molar-refractivity contribution < 1.29 is 19.0 Å². The van der Waals surface area contributed by atoms with Crippen LogP contribution in [0.25, 0.3) is 0 Å². The summed E-state index contributed by atoms with van der Waals surface area (Å²) in [6.07, 6.45) is 1.45. The fraction of sp³-hybridized carbons (Fsp3) is 0.500. The number of aliphatic hydroxyl groups is 1. The lowest BCUT2D eigenvalue weighted by molar-refractivity contribution is -0.138. The van der Waals surface area contributed by atoms with E-state index in [-0.39, 0.29) is 23.7 Å². The number of aromatic nitrogens is 1. The predicted octanol–water partition coefficient (Wildman–Crippen LogP) is 1.60. The smallest absolute Gasteiger partial charge is 0.293 e. The van der Waals surface area contributed by atoms with Crippen LogP contribution in [0.15, 0.2) is 12.3 Å². The quantitative estimate of drug-likeness (QED) is 0.740. The Kier molecular flexibility index (Phi) is 5.62. The van der Waals surface area contributed by atoms with Gasteiger partial charge in [0, 0.05) is 6.20 Å². The summed E-state index contributed by atoms with van der Waals surface area (Å²) in [5, 5.41) is 8.34. The number of rotatable bonds is 2. The Labute approximate surface area is 88.1 Å². The number of carbonyl (C=O) groups is 1. The zero-order chi connectivity index (χ0) is 11.9. The molecule has 2 N–H and O–H groups in total. The van der Waals surface area contributed by atoms with Crippen molar-refractivity contribution in [3.05, 3.63) is 23.8 Å². The van der Waals surface area contributed by atoms with Crippen molar-refractivity contribution in [2.75, 3.05) is 0 Å². The van der Waals surface area contributed by atoms with Gasteiger partial charge in [-0.2, -0.15) is 0 Å². The molecule has 0 saturated heterocycles. The molecule has 0 fully saturated rings. The van der Waals surface area contributed by atoms with Crippen molar-refractivity contribution in [1.82, 2.24) is 4.98 Å². The molecule has 0 spiro atoms. The molecular weight excluding hydrogens is 201 g/mol. The summed E-state index contributed by atoms with van der Waals surface area (Å²) in [5.74, 6) is -0.382. The van der Waals surface area contributed by atoms with E-state index in [1.54, 1.807) is 0 Å². The van der Waals surface area contributed by atoms with Gasteiger partial charge in [-0.15, -0.1) is 0 Å². The topological polar surface area (TPSA) is 62.3 Å². The Bertz CT molecular complexity index is 291. The van der Waals surface area contributed by atoms with Crippen LogP contribution in [0.2, 0.25) is 0 Å². The highest BCUT2D eigenvalue weighted by molar-refractivity contribution is 5.37. The fourth-order valence-corrected chi connectivity index (χ4v) is 0.650. The second-order valence-electron chi connectivity index (χ2n) is 3.79. The molecule has 1 heterocycles. The average Bonchev–Trinajstić information content (AvgIpc) is 2.49. The van der Waals surface area contributed by atoms with E-state index in [0.717, 1.165) is 0 Å². The number of nitrogens with one attached hydrogen (secondary N) is 1. The number of halogens is 1. The van der Waals surface area contributed by atoms with Crippen LogP contribution in [-0.2, 0) is 16.1 Å². The highest BCUT2D eigenvalue weighted by atomic mass is 19.1. The van der Waals surface area contributed by atoms with Gasteiger partial charge in [-0.3, -0.25) is 4.79 Å². The van der Waals surface area contributed by atoms with E-state index in [2.05, 4.69) is 9.72 Å². The highest BCUT2D eigenvalue weighted by Crippen LogP contribution is 2.02. The maximum absolute atomic E-state index is 12.2. The van der Waals surface area contributed by atoms with Crippen LogP contribution in [0.3, 0.4) is 0 Å². The molecule has 0 aliphatic carbocycles. The van der Waals surface area contributed by atoms with Gasteiger partial charge in [0.25, 0.3) is 6.47 Å². The third-order valence-corrected chi connectivity index (χ3v) is 1.34. The Balaban J connectivity index is 0.000000265. The lowest BCUT2D eigenvalue weighted by atomic mass is 10.2. The molecular formula is C10H16FNO3. The zero-order valence-corrected chi connectivity index (χ0v) is 9.08. The summed E-state index contributed by atoms with van der Waals surface area (Å²) in [4.78, 5) is 12.1. The highest BCUT2D eigenvalue weighted by Gasteiger charge is 2.07. The first-order valence-corrected chi connectivity index (χ1v) is 4.44. The normalized spacial score (nSPS) is 10.2. The first-order valence-electron chi connectivity index (χ1n) is 4.44. The minimum atomic E-state index is -0.382. The molecule has 0 unspecified atom stereocenters. The molecule has 4 nitrogen and oxygen atoms in total. The van der Waals surface area contributed by atoms with E-state index in [9.17, 15) is 9.18 Å². The van der Waals surface area contributed by atoms with Gasteiger partial charge < -0.3 is 14.8 Å². The van der Waals surface area contributed by atoms with Gasteiger partial charge in [-0.1, -0.05) is 0 Å². The molecule has 0 bridgehead atoms. The first-order chi connectivity index (χ1) is 6.90. The second kappa shape index (κ2) is 6.19. The van der Waals surface area contributed by atoms with E-state index in [1.807, 2.05) is 20.8 Å². The molecule has 0 atom stereocenters. The fourth-order valence-electron chi connectivity index (χ4n) is 0.650. The van der Waals surface area contributed by atoms with Crippen LogP contribution in [0.4, 0.5) is 4.39 Å². The van der Waals surface area contributed by atoms with E-state index in [1.165, 1.54) is 12.3 Å². The number of hydrogen-bond acceptors (Lipinski definition) is 3. The largest absolute Gasteiger partial charge is 0.462 e. The van der Waals surface area contributed by atoms with Gasteiger partial charge >= 0.3 is 0 Å². The predicted molar refractivity (Wildman–Crippen MR) is 53.6 cm³/mol. The van der Waals surface area contributed by atoms with Crippen molar-refractivity contribution in [2.24, 2.45) is 0 Å². The maximum Gasteiger partial charge on any atom is 0.293 e. The SMILES string of the molecule is CC(C)(C)OC=O.OCc1[nH]ccc1F. The van der Waals surface area contributed by atoms with Crippen LogP contribution < -0.4 is 0 Å². The van der Waals surface area contributed by atoms with Gasteiger partial charge in [-0.05, 0) is 26.8 Å². The third-order valence-electron chi connectivity index (χ3n) is 1.34. The lowest BCUT2D eigenvalue weighted by Gasteiger charge is -2.14.